The molecule has 27 valence electrons. The molecule has 0 amide bonds. The van der Waals surface area contributed by atoms with E-state index in [0.717, 1.165) is 0 Å². The summed E-state index contributed by atoms with van der Waals surface area (Å²) in [7, 11) is 0. The molecule has 0 spiro atoms. The van der Waals surface area contributed by atoms with Crippen molar-refractivity contribution in [3.05, 3.63) is 0 Å². The van der Waals surface area contributed by atoms with E-state index in [1.54, 1.807) is 0 Å². The third-order valence-corrected chi connectivity index (χ3v) is 0. The summed E-state index contributed by atoms with van der Waals surface area (Å²) in [5, 5.41) is 0. The Labute approximate surface area is 98.3 Å². The van der Waals surface area contributed by atoms with Gasteiger partial charge in [0.1, 0.15) is 0 Å². The van der Waals surface area contributed by atoms with Crippen LogP contribution >= 0.6 is 23.4 Å². The first kappa shape index (κ1) is 43.6. The van der Waals surface area contributed by atoms with Crippen molar-refractivity contribution in [3.63, 3.8) is 0 Å². The molecule has 0 rings (SSSR count). The average Bonchev–Trinajstić information content (AvgIpc) is 0. The molecule has 1 unspecified atom stereocenters. The van der Waals surface area contributed by atoms with Crippen LogP contribution in [-0.4, -0.2) is 51.4 Å². The Morgan fingerprint density at radius 2 is 1.00 bits per heavy atom. The Morgan fingerprint density at radius 1 is 1.00 bits per heavy atom. The Bertz CT molecular complexity index is 11.6. The monoisotopic (exact) mass is 188 g/mol. The molecule has 5 heavy (non-hydrogen) atoms. The summed E-state index contributed by atoms with van der Waals surface area (Å²) >= 11 is 0. The van der Waals surface area contributed by atoms with Crippen LogP contribution in [0.5, 0.6) is 0 Å². The standard InChI is InChI=1S/K.H3N.H3P.H2S.Zn/h;2*1H3;1H2;. The van der Waals surface area contributed by atoms with Gasteiger partial charge >= 0.3 is 0 Å². The van der Waals surface area contributed by atoms with Crippen molar-refractivity contribution in [1.82, 2.24) is 6.15 Å². The van der Waals surface area contributed by atoms with Crippen LogP contribution in [0.1, 0.15) is 0 Å². The van der Waals surface area contributed by atoms with Gasteiger partial charge in [0.25, 0.3) is 0 Å². The quantitative estimate of drug-likeness (QED) is 0.421. The fourth-order valence-corrected chi connectivity index (χ4v) is 0. The fourth-order valence-electron chi connectivity index (χ4n) is 0. The summed E-state index contributed by atoms with van der Waals surface area (Å²) in [5.41, 5.74) is 0. The second-order valence-electron chi connectivity index (χ2n) is 0. The number of hydrogen-bond acceptors (Lipinski definition) is 1. The van der Waals surface area contributed by atoms with E-state index in [-0.39, 0.29) is 100 Å². The van der Waals surface area contributed by atoms with Crippen molar-refractivity contribution in [2.75, 3.05) is 0 Å². The molecule has 0 heterocycles. The van der Waals surface area contributed by atoms with Gasteiger partial charge in [-0.05, 0) is 0 Å². The predicted molar refractivity (Wildman–Crippen MR) is 32.3 cm³/mol. The van der Waals surface area contributed by atoms with Crippen LogP contribution in [0, 0.1) is 0 Å². The fraction of sp³-hybridized carbons (Fsp3) is 0. The summed E-state index contributed by atoms with van der Waals surface area (Å²) in [4.78, 5) is 0. The first-order valence-corrected chi connectivity index (χ1v) is 0. The van der Waals surface area contributed by atoms with Crippen molar-refractivity contribution >= 4 is 74.8 Å². The largest absolute Gasteiger partial charge is 0.344 e. The molecule has 5 heteroatoms. The molecule has 0 aliphatic rings. The van der Waals surface area contributed by atoms with Crippen LogP contribution < -0.4 is 6.15 Å². The number of rotatable bonds is 0. The second-order valence-corrected chi connectivity index (χ2v) is 0. The van der Waals surface area contributed by atoms with Crippen LogP contribution in [0.4, 0.5) is 0 Å². The summed E-state index contributed by atoms with van der Waals surface area (Å²) in [6.07, 6.45) is 0. The zero-order valence-corrected chi connectivity index (χ0v) is 12.1. The molecule has 0 aromatic carbocycles. The first-order chi connectivity index (χ1) is 0. The minimum atomic E-state index is 0. The smallest absolute Gasteiger partial charge is 0 e. The van der Waals surface area contributed by atoms with E-state index in [4.69, 9.17) is 0 Å². The molecule has 0 saturated carbocycles. The van der Waals surface area contributed by atoms with Crippen molar-refractivity contribution in [3.8, 4) is 0 Å². The minimum Gasteiger partial charge on any atom is -0.344 e. The minimum absolute atomic E-state index is 0. The maximum atomic E-state index is 0. The zero-order valence-electron chi connectivity index (χ0n) is 3.62. The maximum Gasteiger partial charge on any atom is 0 e. The molecule has 3 N–H and O–H groups in total. The average molecular weight is 190 g/mol. The van der Waals surface area contributed by atoms with E-state index >= 15 is 0 Å². The van der Waals surface area contributed by atoms with E-state index in [0.29, 0.717) is 0 Å². The van der Waals surface area contributed by atoms with Gasteiger partial charge in [-0.15, -0.1) is 0 Å². The summed E-state index contributed by atoms with van der Waals surface area (Å²) in [6, 6.07) is 0. The Hall–Kier alpha value is 3.00. The third-order valence-electron chi connectivity index (χ3n) is 0. The van der Waals surface area contributed by atoms with E-state index in [1.165, 1.54) is 0 Å². The molecule has 0 aromatic rings. The van der Waals surface area contributed by atoms with Crippen molar-refractivity contribution in [2.24, 2.45) is 0 Å². The first-order valence-electron chi connectivity index (χ1n) is 0. The normalized spacial score (nSPS) is 0. The molecule has 1 radical (unpaired) electrons. The van der Waals surface area contributed by atoms with E-state index in [1.807, 2.05) is 0 Å². The van der Waals surface area contributed by atoms with E-state index in [9.17, 15) is 0 Å². The summed E-state index contributed by atoms with van der Waals surface area (Å²) in [5.74, 6) is 0. The van der Waals surface area contributed by atoms with Gasteiger partial charge in [0.15, 0.2) is 0 Å². The van der Waals surface area contributed by atoms with Gasteiger partial charge in [-0.25, -0.2) is 0 Å². The van der Waals surface area contributed by atoms with Gasteiger partial charge in [-0.3, -0.25) is 0 Å². The second kappa shape index (κ2) is 28.0. The predicted octanol–water partition coefficient (Wildman–Crippen LogP) is -0.0504. The zero-order chi connectivity index (χ0) is 0. The Morgan fingerprint density at radius 3 is 1.00 bits per heavy atom. The third kappa shape index (κ3) is 19.4. The van der Waals surface area contributed by atoms with Gasteiger partial charge in [-0.2, -0.15) is 23.4 Å². The maximum absolute atomic E-state index is 0. The van der Waals surface area contributed by atoms with Crippen molar-refractivity contribution in [2.45, 2.75) is 0 Å². The van der Waals surface area contributed by atoms with Crippen LogP contribution in [0.25, 0.3) is 0 Å². The van der Waals surface area contributed by atoms with Crippen LogP contribution in [-0.2, 0) is 19.5 Å². The molecule has 0 bridgehead atoms. The van der Waals surface area contributed by atoms with Crippen LogP contribution in [0.2, 0.25) is 0 Å². The van der Waals surface area contributed by atoms with Gasteiger partial charge in [0.05, 0.1) is 0 Å². The molecular formula is H8KNPSZn. The number of hydrogen-bond donors (Lipinski definition) is 1. The molecule has 0 aliphatic carbocycles. The molecular weight excluding hydrogens is 182 g/mol. The summed E-state index contributed by atoms with van der Waals surface area (Å²) in [6.45, 7) is 0. The molecule has 0 aromatic heterocycles. The molecule has 1 atom stereocenters. The van der Waals surface area contributed by atoms with E-state index in [2.05, 4.69) is 0 Å². The summed E-state index contributed by atoms with van der Waals surface area (Å²) < 4.78 is 0. The Balaban J connectivity index is 0. The van der Waals surface area contributed by atoms with E-state index < -0.39 is 0 Å². The molecule has 1 nitrogen and oxygen atoms in total. The SMILES string of the molecule is N.P.S.[K].[Zn]. The van der Waals surface area contributed by atoms with Gasteiger partial charge in [0.2, 0.25) is 0 Å². The van der Waals surface area contributed by atoms with Crippen molar-refractivity contribution in [1.29, 1.82) is 0 Å². The van der Waals surface area contributed by atoms with Crippen LogP contribution in [0.3, 0.4) is 0 Å². The van der Waals surface area contributed by atoms with Gasteiger partial charge in [0, 0.05) is 70.9 Å². The van der Waals surface area contributed by atoms with Gasteiger partial charge in [-0.1, -0.05) is 0 Å². The van der Waals surface area contributed by atoms with Gasteiger partial charge < -0.3 is 6.15 Å². The Kier molecular flexibility index (Phi) is 244. The van der Waals surface area contributed by atoms with Crippen molar-refractivity contribution < 1.29 is 19.5 Å². The molecule has 0 saturated heterocycles. The molecule has 0 fully saturated rings. The topological polar surface area (TPSA) is 35.0 Å². The molecule has 0 aliphatic heterocycles. The van der Waals surface area contributed by atoms with Crippen LogP contribution in [0.15, 0.2) is 0 Å².